The summed E-state index contributed by atoms with van der Waals surface area (Å²) in [7, 11) is 1.40. The first-order chi connectivity index (χ1) is 5.72. The van der Waals surface area contributed by atoms with Crippen molar-refractivity contribution in [3.63, 3.8) is 0 Å². The predicted octanol–water partition coefficient (Wildman–Crippen LogP) is 0.533. The second-order valence-electron chi connectivity index (χ2n) is 4.04. The first-order valence-corrected chi connectivity index (χ1v) is 4.55. The normalized spacial score (nSPS) is 40.3. The minimum Gasteiger partial charge on any atom is -0.468 e. The summed E-state index contributed by atoms with van der Waals surface area (Å²) in [6.07, 6.45) is 3.65. The number of fused-ring (bicyclic) bond motifs is 1. The van der Waals surface area contributed by atoms with Crippen molar-refractivity contribution in [1.29, 1.82) is 0 Å². The van der Waals surface area contributed by atoms with Gasteiger partial charge in [0.05, 0.1) is 7.11 Å². The Balaban J connectivity index is 1.88. The molecule has 0 aromatic rings. The largest absolute Gasteiger partial charge is 0.468 e. The zero-order valence-corrected chi connectivity index (χ0v) is 7.32. The topological polar surface area (TPSA) is 52.3 Å². The van der Waals surface area contributed by atoms with Crippen LogP contribution in [0.2, 0.25) is 0 Å². The fourth-order valence-corrected chi connectivity index (χ4v) is 2.38. The summed E-state index contributed by atoms with van der Waals surface area (Å²) in [5.74, 6) is 1.90. The van der Waals surface area contributed by atoms with Crippen LogP contribution in [0.4, 0.5) is 0 Å². The quantitative estimate of drug-likeness (QED) is 0.613. The standard InChI is InChI=1S/C9H15NO2/c1-12-9(11)8(10)7-3-5-2-6(5)4-7/h5-8H,2-4,10H2,1H3. The van der Waals surface area contributed by atoms with Crippen LogP contribution in [-0.2, 0) is 9.53 Å². The van der Waals surface area contributed by atoms with Gasteiger partial charge in [-0.15, -0.1) is 0 Å². The number of hydrogen-bond acceptors (Lipinski definition) is 3. The molecule has 2 rings (SSSR count). The molecule has 0 aromatic carbocycles. The maximum atomic E-state index is 11.1. The number of carbonyl (C=O) groups excluding carboxylic acids is 1. The Morgan fingerprint density at radius 3 is 2.50 bits per heavy atom. The number of methoxy groups -OCH3 is 1. The molecule has 0 saturated heterocycles. The van der Waals surface area contributed by atoms with Crippen LogP contribution in [0.15, 0.2) is 0 Å². The number of hydrogen-bond donors (Lipinski definition) is 1. The molecule has 2 aliphatic rings. The molecule has 0 spiro atoms. The van der Waals surface area contributed by atoms with Crippen molar-refractivity contribution in [3.8, 4) is 0 Å². The van der Waals surface area contributed by atoms with Crippen molar-refractivity contribution >= 4 is 5.97 Å². The molecular weight excluding hydrogens is 154 g/mol. The number of ether oxygens (including phenoxy) is 1. The Morgan fingerprint density at radius 1 is 1.42 bits per heavy atom. The lowest BCUT2D eigenvalue weighted by atomic mass is 9.95. The molecular formula is C9H15NO2. The van der Waals surface area contributed by atoms with E-state index in [0.717, 1.165) is 24.7 Å². The van der Waals surface area contributed by atoms with Crippen molar-refractivity contribution in [2.75, 3.05) is 7.11 Å². The second-order valence-corrected chi connectivity index (χ2v) is 4.04. The molecule has 2 aliphatic carbocycles. The summed E-state index contributed by atoms with van der Waals surface area (Å²) in [6, 6.07) is -0.372. The van der Waals surface area contributed by atoms with Crippen molar-refractivity contribution in [1.82, 2.24) is 0 Å². The van der Waals surface area contributed by atoms with Gasteiger partial charge in [-0.2, -0.15) is 0 Å². The SMILES string of the molecule is COC(=O)C(N)C1CC2CC2C1. The van der Waals surface area contributed by atoms with Gasteiger partial charge in [0, 0.05) is 0 Å². The molecule has 3 atom stereocenters. The zero-order valence-electron chi connectivity index (χ0n) is 7.32. The van der Waals surface area contributed by atoms with Crippen molar-refractivity contribution in [2.45, 2.75) is 25.3 Å². The van der Waals surface area contributed by atoms with Crippen LogP contribution in [0.1, 0.15) is 19.3 Å². The van der Waals surface area contributed by atoms with E-state index >= 15 is 0 Å². The smallest absolute Gasteiger partial charge is 0.322 e. The van der Waals surface area contributed by atoms with Crippen LogP contribution in [0, 0.1) is 17.8 Å². The Morgan fingerprint density at radius 2 is 2.00 bits per heavy atom. The van der Waals surface area contributed by atoms with E-state index in [1.807, 2.05) is 0 Å². The summed E-state index contributed by atoms with van der Waals surface area (Å²) >= 11 is 0. The molecule has 0 aliphatic heterocycles. The first kappa shape index (κ1) is 8.05. The van der Waals surface area contributed by atoms with E-state index < -0.39 is 0 Å². The Labute approximate surface area is 72.3 Å². The van der Waals surface area contributed by atoms with Gasteiger partial charge in [-0.05, 0) is 37.0 Å². The lowest BCUT2D eigenvalue weighted by molar-refractivity contribution is -0.143. The van der Waals surface area contributed by atoms with Crippen LogP contribution in [0.3, 0.4) is 0 Å². The van der Waals surface area contributed by atoms with Gasteiger partial charge >= 0.3 is 5.97 Å². The molecule has 12 heavy (non-hydrogen) atoms. The highest BCUT2D eigenvalue weighted by Gasteiger charge is 2.48. The summed E-state index contributed by atoms with van der Waals surface area (Å²) in [6.45, 7) is 0. The third-order valence-electron chi connectivity index (χ3n) is 3.26. The van der Waals surface area contributed by atoms with Gasteiger partial charge in [0.2, 0.25) is 0 Å². The van der Waals surface area contributed by atoms with Gasteiger partial charge in [0.15, 0.2) is 0 Å². The van der Waals surface area contributed by atoms with E-state index in [1.54, 1.807) is 0 Å². The molecule has 68 valence electrons. The van der Waals surface area contributed by atoms with Gasteiger partial charge in [-0.1, -0.05) is 0 Å². The van der Waals surface area contributed by atoms with Crippen molar-refractivity contribution in [2.24, 2.45) is 23.5 Å². The third-order valence-corrected chi connectivity index (χ3v) is 3.26. The fraction of sp³-hybridized carbons (Fsp3) is 0.889. The fourth-order valence-electron chi connectivity index (χ4n) is 2.38. The van der Waals surface area contributed by atoms with E-state index in [2.05, 4.69) is 4.74 Å². The van der Waals surface area contributed by atoms with Gasteiger partial charge in [0.1, 0.15) is 6.04 Å². The molecule has 3 heteroatoms. The Bertz CT molecular complexity index is 195. The monoisotopic (exact) mass is 169 g/mol. The van der Waals surface area contributed by atoms with Crippen LogP contribution >= 0.6 is 0 Å². The van der Waals surface area contributed by atoms with E-state index in [-0.39, 0.29) is 12.0 Å². The highest BCUT2D eigenvalue weighted by atomic mass is 16.5. The van der Waals surface area contributed by atoms with Gasteiger partial charge < -0.3 is 10.5 Å². The third kappa shape index (κ3) is 1.22. The van der Waals surface area contributed by atoms with Gasteiger partial charge in [0.25, 0.3) is 0 Å². The van der Waals surface area contributed by atoms with Crippen LogP contribution in [0.25, 0.3) is 0 Å². The molecule has 2 N–H and O–H groups in total. The van der Waals surface area contributed by atoms with E-state index in [4.69, 9.17) is 5.73 Å². The molecule has 3 nitrogen and oxygen atoms in total. The molecule has 2 saturated carbocycles. The maximum absolute atomic E-state index is 11.1. The molecule has 0 amide bonds. The van der Waals surface area contributed by atoms with E-state index in [9.17, 15) is 4.79 Å². The van der Waals surface area contributed by atoms with Crippen molar-refractivity contribution < 1.29 is 9.53 Å². The number of carbonyl (C=O) groups is 1. The lowest BCUT2D eigenvalue weighted by Gasteiger charge is -2.17. The Kier molecular flexibility index (Phi) is 1.83. The summed E-state index contributed by atoms with van der Waals surface area (Å²) in [5.41, 5.74) is 5.74. The molecule has 0 heterocycles. The predicted molar refractivity (Wildman–Crippen MR) is 44.3 cm³/mol. The van der Waals surface area contributed by atoms with Crippen LogP contribution < -0.4 is 5.73 Å². The first-order valence-electron chi connectivity index (χ1n) is 4.55. The minimum atomic E-state index is -0.372. The molecule has 3 unspecified atom stereocenters. The highest BCUT2D eigenvalue weighted by Crippen LogP contribution is 2.54. The van der Waals surface area contributed by atoms with Crippen molar-refractivity contribution in [3.05, 3.63) is 0 Å². The van der Waals surface area contributed by atoms with Crippen LogP contribution in [-0.4, -0.2) is 19.1 Å². The average Bonchev–Trinajstić information content (AvgIpc) is 2.71. The highest BCUT2D eigenvalue weighted by molar-refractivity contribution is 5.75. The molecule has 0 aromatic heterocycles. The van der Waals surface area contributed by atoms with E-state index in [0.29, 0.717) is 5.92 Å². The lowest BCUT2D eigenvalue weighted by Crippen LogP contribution is -2.38. The maximum Gasteiger partial charge on any atom is 0.322 e. The number of nitrogens with two attached hydrogens (primary N) is 1. The Hall–Kier alpha value is -0.570. The second kappa shape index (κ2) is 2.73. The molecule has 0 bridgehead atoms. The zero-order chi connectivity index (χ0) is 8.72. The van der Waals surface area contributed by atoms with Crippen LogP contribution in [0.5, 0.6) is 0 Å². The average molecular weight is 169 g/mol. The minimum absolute atomic E-state index is 0.249. The summed E-state index contributed by atoms with van der Waals surface area (Å²) in [5, 5.41) is 0. The van der Waals surface area contributed by atoms with Gasteiger partial charge in [-0.3, -0.25) is 4.79 Å². The number of rotatable bonds is 2. The molecule has 0 radical (unpaired) electrons. The number of esters is 1. The van der Waals surface area contributed by atoms with Gasteiger partial charge in [-0.25, -0.2) is 0 Å². The summed E-state index contributed by atoms with van der Waals surface area (Å²) in [4.78, 5) is 11.1. The van der Waals surface area contributed by atoms with E-state index in [1.165, 1.54) is 13.5 Å². The summed E-state index contributed by atoms with van der Waals surface area (Å²) < 4.78 is 4.61. The molecule has 2 fully saturated rings.